The fourth-order valence-corrected chi connectivity index (χ4v) is 2.52. The highest BCUT2D eigenvalue weighted by Crippen LogP contribution is 2.26. The standard InChI is InChI=1S/C19H16N4O2/c1-12-6-5-7-13(10-12)21-18(24)14(11-20)17-19(25-2)23-16-9-4-3-8-15(16)22-17/h3-10,14H,1-2H3,(H,21,24). The number of amides is 1. The Kier molecular flexibility index (Phi) is 4.57. The van der Waals surface area contributed by atoms with Gasteiger partial charge >= 0.3 is 0 Å². The van der Waals surface area contributed by atoms with E-state index < -0.39 is 11.8 Å². The van der Waals surface area contributed by atoms with Crippen molar-refractivity contribution in [3.05, 3.63) is 59.8 Å². The molecule has 25 heavy (non-hydrogen) atoms. The summed E-state index contributed by atoms with van der Waals surface area (Å²) in [5, 5.41) is 12.3. The molecule has 1 unspecified atom stereocenters. The minimum absolute atomic E-state index is 0.171. The molecule has 6 nitrogen and oxygen atoms in total. The number of rotatable bonds is 4. The third kappa shape index (κ3) is 3.40. The van der Waals surface area contributed by atoms with Crippen molar-refractivity contribution in [2.75, 3.05) is 12.4 Å². The fourth-order valence-electron chi connectivity index (χ4n) is 2.52. The smallest absolute Gasteiger partial charge is 0.248 e. The van der Waals surface area contributed by atoms with Crippen LogP contribution in [0.25, 0.3) is 11.0 Å². The van der Waals surface area contributed by atoms with Gasteiger partial charge in [-0.25, -0.2) is 9.97 Å². The van der Waals surface area contributed by atoms with E-state index in [1.54, 1.807) is 18.2 Å². The topological polar surface area (TPSA) is 87.9 Å². The van der Waals surface area contributed by atoms with Gasteiger partial charge in [0.25, 0.3) is 0 Å². The lowest BCUT2D eigenvalue weighted by molar-refractivity contribution is -0.116. The molecule has 0 spiro atoms. The summed E-state index contributed by atoms with van der Waals surface area (Å²) in [4.78, 5) is 21.4. The van der Waals surface area contributed by atoms with Crippen LogP contribution in [0.2, 0.25) is 0 Å². The molecule has 3 aromatic rings. The molecule has 0 aliphatic rings. The number of nitrogens with one attached hydrogen (secondary N) is 1. The predicted octanol–water partition coefficient (Wildman–Crippen LogP) is 3.19. The van der Waals surface area contributed by atoms with Crippen molar-refractivity contribution in [3.8, 4) is 11.9 Å². The number of fused-ring (bicyclic) bond motifs is 1. The number of anilines is 1. The van der Waals surface area contributed by atoms with Crippen LogP contribution in [0.5, 0.6) is 5.88 Å². The molecule has 1 N–H and O–H groups in total. The van der Waals surface area contributed by atoms with E-state index in [2.05, 4.69) is 15.3 Å². The number of nitrogens with zero attached hydrogens (tertiary/aromatic N) is 3. The van der Waals surface area contributed by atoms with Crippen LogP contribution in [0, 0.1) is 18.3 Å². The molecule has 3 rings (SSSR count). The fraction of sp³-hybridized carbons (Fsp3) is 0.158. The lowest BCUT2D eigenvalue weighted by Crippen LogP contribution is -2.22. The van der Waals surface area contributed by atoms with Crippen molar-refractivity contribution in [2.45, 2.75) is 12.8 Å². The summed E-state index contributed by atoms with van der Waals surface area (Å²) >= 11 is 0. The van der Waals surface area contributed by atoms with Crippen molar-refractivity contribution in [3.63, 3.8) is 0 Å². The van der Waals surface area contributed by atoms with E-state index in [0.717, 1.165) is 5.56 Å². The third-order valence-electron chi connectivity index (χ3n) is 3.71. The van der Waals surface area contributed by atoms with Gasteiger partial charge in [-0.2, -0.15) is 5.26 Å². The molecule has 2 aromatic carbocycles. The molecule has 1 amide bonds. The first-order valence-corrected chi connectivity index (χ1v) is 7.70. The molecule has 0 saturated carbocycles. The zero-order valence-corrected chi connectivity index (χ0v) is 13.9. The molecule has 1 heterocycles. The second kappa shape index (κ2) is 6.97. The van der Waals surface area contributed by atoms with Crippen LogP contribution in [0.15, 0.2) is 48.5 Å². The summed E-state index contributed by atoms with van der Waals surface area (Å²) in [5.41, 5.74) is 3.07. The summed E-state index contributed by atoms with van der Waals surface area (Å²) < 4.78 is 5.25. The van der Waals surface area contributed by atoms with Crippen molar-refractivity contribution >= 4 is 22.6 Å². The van der Waals surface area contributed by atoms with Crippen LogP contribution in [-0.4, -0.2) is 23.0 Å². The molecule has 6 heteroatoms. The highest BCUT2D eigenvalue weighted by Gasteiger charge is 2.27. The maximum atomic E-state index is 12.6. The largest absolute Gasteiger partial charge is 0.480 e. The molecule has 0 radical (unpaired) electrons. The summed E-state index contributed by atoms with van der Waals surface area (Å²) in [6, 6.07) is 16.6. The predicted molar refractivity (Wildman–Crippen MR) is 94.3 cm³/mol. The maximum absolute atomic E-state index is 12.6. The van der Waals surface area contributed by atoms with Crippen LogP contribution in [0.3, 0.4) is 0 Å². The molecule has 0 bridgehead atoms. The van der Waals surface area contributed by atoms with Gasteiger partial charge in [-0.15, -0.1) is 0 Å². The molecule has 0 aliphatic carbocycles. The molecular weight excluding hydrogens is 316 g/mol. The second-order valence-electron chi connectivity index (χ2n) is 5.53. The Morgan fingerprint density at radius 2 is 1.88 bits per heavy atom. The Balaban J connectivity index is 1.98. The van der Waals surface area contributed by atoms with Gasteiger partial charge in [0.2, 0.25) is 11.8 Å². The van der Waals surface area contributed by atoms with Crippen LogP contribution in [0.1, 0.15) is 17.2 Å². The van der Waals surface area contributed by atoms with Crippen LogP contribution in [0.4, 0.5) is 5.69 Å². The van der Waals surface area contributed by atoms with Gasteiger partial charge in [0.15, 0.2) is 5.92 Å². The van der Waals surface area contributed by atoms with Crippen molar-refractivity contribution in [1.29, 1.82) is 5.26 Å². The van der Waals surface area contributed by atoms with Gasteiger partial charge in [-0.3, -0.25) is 4.79 Å². The van der Waals surface area contributed by atoms with Gasteiger partial charge in [0.1, 0.15) is 5.69 Å². The Labute approximate surface area is 145 Å². The first-order valence-electron chi connectivity index (χ1n) is 7.70. The number of aromatic nitrogens is 2. The number of ether oxygens (including phenoxy) is 1. The van der Waals surface area contributed by atoms with E-state index in [1.165, 1.54) is 7.11 Å². The van der Waals surface area contributed by atoms with E-state index in [-0.39, 0.29) is 11.6 Å². The van der Waals surface area contributed by atoms with E-state index in [0.29, 0.717) is 16.7 Å². The average molecular weight is 332 g/mol. The molecule has 0 fully saturated rings. The number of methoxy groups -OCH3 is 1. The van der Waals surface area contributed by atoms with Crippen LogP contribution >= 0.6 is 0 Å². The van der Waals surface area contributed by atoms with E-state index >= 15 is 0 Å². The first kappa shape index (κ1) is 16.4. The van der Waals surface area contributed by atoms with Gasteiger partial charge in [-0.1, -0.05) is 24.3 Å². The Morgan fingerprint density at radius 3 is 2.52 bits per heavy atom. The summed E-state index contributed by atoms with van der Waals surface area (Å²) in [7, 11) is 1.44. The molecule has 0 saturated heterocycles. The quantitative estimate of drug-likeness (QED) is 0.792. The number of aryl methyl sites for hydroxylation is 1. The van der Waals surface area contributed by atoms with Gasteiger partial charge in [0, 0.05) is 5.69 Å². The normalized spacial score (nSPS) is 11.6. The highest BCUT2D eigenvalue weighted by atomic mass is 16.5. The zero-order chi connectivity index (χ0) is 17.8. The minimum Gasteiger partial charge on any atom is -0.480 e. The molecule has 1 aromatic heterocycles. The molecule has 1 atom stereocenters. The number of hydrogen-bond donors (Lipinski definition) is 1. The van der Waals surface area contributed by atoms with Gasteiger partial charge in [0.05, 0.1) is 24.2 Å². The monoisotopic (exact) mass is 332 g/mol. The van der Waals surface area contributed by atoms with Crippen molar-refractivity contribution in [2.24, 2.45) is 0 Å². The Bertz CT molecular complexity index is 979. The molecule has 124 valence electrons. The summed E-state index contributed by atoms with van der Waals surface area (Å²) in [6.45, 7) is 1.93. The number of nitriles is 1. The van der Waals surface area contributed by atoms with Crippen molar-refractivity contribution in [1.82, 2.24) is 9.97 Å². The Morgan fingerprint density at radius 1 is 1.16 bits per heavy atom. The minimum atomic E-state index is -1.13. The third-order valence-corrected chi connectivity index (χ3v) is 3.71. The van der Waals surface area contributed by atoms with Gasteiger partial charge < -0.3 is 10.1 Å². The van der Waals surface area contributed by atoms with E-state index in [1.807, 2.05) is 43.3 Å². The molecule has 0 aliphatic heterocycles. The van der Waals surface area contributed by atoms with Crippen molar-refractivity contribution < 1.29 is 9.53 Å². The number of para-hydroxylation sites is 2. The van der Waals surface area contributed by atoms with E-state index in [4.69, 9.17) is 4.74 Å². The summed E-state index contributed by atoms with van der Waals surface area (Å²) in [6.07, 6.45) is 0. The Hall–Kier alpha value is -3.46. The van der Waals surface area contributed by atoms with Crippen LogP contribution < -0.4 is 10.1 Å². The lowest BCUT2D eigenvalue weighted by atomic mass is 10.1. The number of hydrogen-bond acceptors (Lipinski definition) is 5. The molecular formula is C19H16N4O2. The SMILES string of the molecule is COc1nc2ccccc2nc1C(C#N)C(=O)Nc1cccc(C)c1. The van der Waals surface area contributed by atoms with Gasteiger partial charge in [-0.05, 0) is 36.8 Å². The number of benzene rings is 2. The average Bonchev–Trinajstić information content (AvgIpc) is 2.61. The van der Waals surface area contributed by atoms with E-state index in [9.17, 15) is 10.1 Å². The highest BCUT2D eigenvalue weighted by molar-refractivity contribution is 5.98. The maximum Gasteiger partial charge on any atom is 0.248 e. The summed E-state index contributed by atoms with van der Waals surface area (Å²) in [5.74, 6) is -1.44. The first-order chi connectivity index (χ1) is 12.1. The number of carbonyl (C=O) groups is 1. The van der Waals surface area contributed by atoms with Crippen LogP contribution in [-0.2, 0) is 4.79 Å². The second-order valence-corrected chi connectivity index (χ2v) is 5.53. The number of carbonyl (C=O) groups excluding carboxylic acids is 1. The lowest BCUT2D eigenvalue weighted by Gasteiger charge is -2.13. The zero-order valence-electron chi connectivity index (χ0n) is 13.9.